The molecule has 3 heterocycles. The number of hydrogen-bond acceptors (Lipinski definition) is 6. The number of carbonyl (C=O) groups excluding carboxylic acids is 2. The van der Waals surface area contributed by atoms with Gasteiger partial charge in [0.15, 0.2) is 12.2 Å². The van der Waals surface area contributed by atoms with Crippen LogP contribution < -0.4 is 5.32 Å². The maximum Gasteiger partial charge on any atom is 0.255 e. The molecule has 2 amide bonds. The predicted molar refractivity (Wildman–Crippen MR) is 144 cm³/mol. The first-order valence-corrected chi connectivity index (χ1v) is 13.6. The fourth-order valence-electron chi connectivity index (χ4n) is 4.92. The summed E-state index contributed by atoms with van der Waals surface area (Å²) in [6, 6.07) is 10.7. The van der Waals surface area contributed by atoms with E-state index in [-0.39, 0.29) is 12.6 Å². The van der Waals surface area contributed by atoms with Crippen molar-refractivity contribution in [3.63, 3.8) is 0 Å². The number of carbonyl (C=O) groups is 2. The lowest BCUT2D eigenvalue weighted by Gasteiger charge is -2.28. The van der Waals surface area contributed by atoms with Gasteiger partial charge in [0.25, 0.3) is 11.8 Å². The van der Waals surface area contributed by atoms with Gasteiger partial charge in [-0.2, -0.15) is 0 Å². The molecule has 3 N–H and O–H groups in total. The highest BCUT2D eigenvalue weighted by atomic mass is 35.5. The number of amides is 2. The average Bonchev–Trinajstić information content (AvgIpc) is 3.58. The number of nitrogens with one attached hydrogen (secondary N) is 1. The lowest BCUT2D eigenvalue weighted by Crippen LogP contribution is -2.50. The van der Waals surface area contributed by atoms with E-state index in [2.05, 4.69) is 27.8 Å². The number of aromatic nitrogens is 1. The number of halogens is 1. The van der Waals surface area contributed by atoms with Gasteiger partial charge >= 0.3 is 0 Å². The van der Waals surface area contributed by atoms with Crippen LogP contribution in [0.25, 0.3) is 17.3 Å². The Morgan fingerprint density at radius 2 is 2.08 bits per heavy atom. The van der Waals surface area contributed by atoms with Crippen LogP contribution in [0.4, 0.5) is 0 Å². The summed E-state index contributed by atoms with van der Waals surface area (Å²) in [5.41, 5.74) is 4.79. The van der Waals surface area contributed by atoms with Crippen molar-refractivity contribution in [3.05, 3.63) is 80.6 Å². The molecule has 1 saturated heterocycles. The first-order valence-electron chi connectivity index (χ1n) is 12.3. The second-order valence-electron chi connectivity index (χ2n) is 9.33. The minimum atomic E-state index is -1.88. The van der Waals surface area contributed by atoms with Gasteiger partial charge in [0, 0.05) is 40.1 Å². The summed E-state index contributed by atoms with van der Waals surface area (Å²) >= 11 is 7.85. The third-order valence-corrected chi connectivity index (χ3v) is 8.19. The van der Waals surface area contributed by atoms with Crippen LogP contribution in [0.1, 0.15) is 46.9 Å². The summed E-state index contributed by atoms with van der Waals surface area (Å²) < 4.78 is 0. The maximum atomic E-state index is 13.0. The highest BCUT2D eigenvalue weighted by Gasteiger charge is 2.38. The fraction of sp³-hybridized carbons (Fsp3) is 0.321. The summed E-state index contributed by atoms with van der Waals surface area (Å²) in [5.74, 6) is -1.50. The number of aryl methyl sites for hydroxylation is 1. The number of likely N-dealkylation sites (tertiary alicyclic amines) is 1. The van der Waals surface area contributed by atoms with E-state index in [1.54, 1.807) is 29.7 Å². The largest absolute Gasteiger partial charge is 0.380 e. The topological polar surface area (TPSA) is 103 Å². The Morgan fingerprint density at radius 1 is 1.22 bits per heavy atom. The highest BCUT2D eigenvalue weighted by molar-refractivity contribution is 7.10. The van der Waals surface area contributed by atoms with Crippen LogP contribution in [0.2, 0.25) is 5.02 Å². The van der Waals surface area contributed by atoms with E-state index in [4.69, 9.17) is 11.6 Å². The molecule has 5 rings (SSSR count). The Labute approximate surface area is 224 Å². The molecule has 1 aliphatic heterocycles. The number of fused-ring (bicyclic) bond motifs is 1. The molecule has 2 aliphatic rings. The monoisotopic (exact) mass is 537 g/mol. The van der Waals surface area contributed by atoms with Gasteiger partial charge in [-0.1, -0.05) is 42.0 Å². The average molecular weight is 538 g/mol. The van der Waals surface area contributed by atoms with Gasteiger partial charge in [-0.25, -0.2) is 0 Å². The Morgan fingerprint density at radius 3 is 2.86 bits per heavy atom. The number of rotatable bonds is 7. The molecule has 9 heteroatoms. The van der Waals surface area contributed by atoms with Gasteiger partial charge in [-0.05, 0) is 60.6 Å². The normalized spacial score (nSPS) is 18.4. The lowest BCUT2D eigenvalue weighted by atomic mass is 10.0. The number of thiophene rings is 1. The Kier molecular flexibility index (Phi) is 7.71. The predicted octanol–water partition coefficient (Wildman–Crippen LogP) is 4.12. The van der Waals surface area contributed by atoms with E-state index in [1.807, 2.05) is 24.3 Å². The molecule has 1 unspecified atom stereocenters. The fourth-order valence-corrected chi connectivity index (χ4v) is 6.17. The van der Waals surface area contributed by atoms with E-state index < -0.39 is 24.0 Å². The molecule has 0 bridgehead atoms. The molecule has 0 radical (unpaired) electrons. The van der Waals surface area contributed by atoms with Gasteiger partial charge in [-0.3, -0.25) is 14.6 Å². The third kappa shape index (κ3) is 5.48. The standard InChI is InChI=1S/C28H28ClN3O4S/c29-19-6-3-5-18(13-19)23-8-4-12-32(23)28(36)26(34)25(33)27(35)31-15-17-10-11-22(30-14-17)21-16-37-24-9-2-1-7-20(21)24/h1,3,5-7,10-11,13-14,16,23,25-26,33-34H,2,4,8-9,12,15H2,(H,31,35)/t23?,25-,26-/m1/s1. The van der Waals surface area contributed by atoms with Crippen LogP contribution in [-0.4, -0.2) is 50.7 Å². The highest BCUT2D eigenvalue weighted by Crippen LogP contribution is 2.35. The molecular weight excluding hydrogens is 510 g/mol. The van der Waals surface area contributed by atoms with Crippen molar-refractivity contribution in [2.45, 2.75) is 50.5 Å². The van der Waals surface area contributed by atoms with Gasteiger partial charge < -0.3 is 20.4 Å². The third-order valence-electron chi connectivity index (χ3n) is 6.89. The van der Waals surface area contributed by atoms with Crippen molar-refractivity contribution in [3.8, 4) is 11.3 Å². The molecule has 7 nitrogen and oxygen atoms in total. The van der Waals surface area contributed by atoms with Gasteiger partial charge in [-0.15, -0.1) is 11.3 Å². The van der Waals surface area contributed by atoms with Crippen molar-refractivity contribution in [2.24, 2.45) is 0 Å². The molecule has 2 aromatic heterocycles. The molecular formula is C28H28ClN3O4S. The SMILES string of the molecule is O=C(NCc1ccc(-c2csc3c2C=CCC3)nc1)[C@H](O)[C@@H](O)C(=O)N1CCCC1c1cccc(Cl)c1. The zero-order valence-corrected chi connectivity index (χ0v) is 21.7. The van der Waals surface area contributed by atoms with Crippen LogP contribution in [0, 0.1) is 0 Å². The zero-order valence-electron chi connectivity index (χ0n) is 20.1. The molecule has 3 aromatic rings. The summed E-state index contributed by atoms with van der Waals surface area (Å²) in [6.07, 6.45) is 5.84. The van der Waals surface area contributed by atoms with E-state index in [9.17, 15) is 19.8 Å². The minimum absolute atomic E-state index is 0.112. The summed E-state index contributed by atoms with van der Waals surface area (Å²) in [6.45, 7) is 0.545. The number of nitrogens with zero attached hydrogens (tertiary/aromatic N) is 2. The molecule has 0 spiro atoms. The smallest absolute Gasteiger partial charge is 0.255 e. The summed E-state index contributed by atoms with van der Waals surface area (Å²) in [4.78, 5) is 33.0. The molecule has 0 saturated carbocycles. The lowest BCUT2D eigenvalue weighted by molar-refractivity contribution is -0.153. The molecule has 37 heavy (non-hydrogen) atoms. The van der Waals surface area contributed by atoms with Gasteiger partial charge in [0.05, 0.1) is 11.7 Å². The van der Waals surface area contributed by atoms with Crippen molar-refractivity contribution in [1.82, 2.24) is 15.2 Å². The van der Waals surface area contributed by atoms with Crippen molar-refractivity contribution >= 4 is 40.8 Å². The summed E-state index contributed by atoms with van der Waals surface area (Å²) in [5, 5.41) is 26.2. The first-order chi connectivity index (χ1) is 17.9. The van der Waals surface area contributed by atoms with Crippen molar-refractivity contribution < 1.29 is 19.8 Å². The quantitative estimate of drug-likeness (QED) is 0.420. The maximum absolute atomic E-state index is 13.0. The van der Waals surface area contributed by atoms with Crippen molar-refractivity contribution in [1.29, 1.82) is 0 Å². The zero-order chi connectivity index (χ0) is 25.9. The first kappa shape index (κ1) is 25.6. The number of benzene rings is 1. The molecule has 1 fully saturated rings. The molecule has 1 aromatic carbocycles. The second kappa shape index (κ2) is 11.1. The molecule has 192 valence electrons. The van der Waals surface area contributed by atoms with Gasteiger partial charge in [0.1, 0.15) is 0 Å². The van der Waals surface area contributed by atoms with Crippen molar-refractivity contribution in [2.75, 3.05) is 6.54 Å². The molecule has 3 atom stereocenters. The Balaban J connectivity index is 1.18. The van der Waals surface area contributed by atoms with E-state index in [1.165, 1.54) is 15.3 Å². The van der Waals surface area contributed by atoms with Crippen LogP contribution >= 0.6 is 22.9 Å². The summed E-state index contributed by atoms with van der Waals surface area (Å²) in [7, 11) is 0. The van der Waals surface area contributed by atoms with Gasteiger partial charge in [0.2, 0.25) is 0 Å². The number of pyridine rings is 1. The number of allylic oxidation sites excluding steroid dienone is 1. The second-order valence-corrected chi connectivity index (χ2v) is 10.7. The number of aliphatic hydroxyl groups is 2. The Bertz CT molecular complexity index is 1320. The number of hydrogen-bond donors (Lipinski definition) is 3. The van der Waals surface area contributed by atoms with Crippen LogP contribution in [-0.2, 0) is 22.6 Å². The van der Waals surface area contributed by atoms with E-state index >= 15 is 0 Å². The molecule has 1 aliphatic carbocycles. The van der Waals surface area contributed by atoms with Crippen LogP contribution in [0.3, 0.4) is 0 Å². The van der Waals surface area contributed by atoms with E-state index in [0.29, 0.717) is 18.0 Å². The van der Waals surface area contributed by atoms with Crippen LogP contribution in [0.15, 0.2) is 54.1 Å². The van der Waals surface area contributed by atoms with Crippen LogP contribution in [0.5, 0.6) is 0 Å². The minimum Gasteiger partial charge on any atom is -0.380 e. The Hall–Kier alpha value is -3.04. The van der Waals surface area contributed by atoms with E-state index in [0.717, 1.165) is 41.6 Å². The number of aliphatic hydroxyl groups excluding tert-OH is 2.